The van der Waals surface area contributed by atoms with Crippen molar-refractivity contribution >= 4 is 11.9 Å². The molecule has 0 bridgehead atoms. The Morgan fingerprint density at radius 3 is 1.77 bits per heavy atom. The van der Waals surface area contributed by atoms with E-state index in [-0.39, 0.29) is 12.5 Å². The van der Waals surface area contributed by atoms with E-state index in [0.29, 0.717) is 6.42 Å². The second-order valence-corrected chi connectivity index (χ2v) is 6.15. The number of rotatable bonds is 16. The SMILES string of the molecule is CCCCC/C=C/C/C=C/C/C=C\C/C=C/CCCC(=O)NCC(=O)O. The summed E-state index contributed by atoms with van der Waals surface area (Å²) in [6.07, 6.45) is 27.3. The van der Waals surface area contributed by atoms with Crippen molar-refractivity contribution in [3.8, 4) is 0 Å². The molecule has 0 spiro atoms. The van der Waals surface area contributed by atoms with Gasteiger partial charge in [0.15, 0.2) is 0 Å². The molecule has 1 amide bonds. The molecule has 4 nitrogen and oxygen atoms in total. The molecule has 0 rings (SSSR count). The summed E-state index contributed by atoms with van der Waals surface area (Å²) in [6.45, 7) is 1.92. The smallest absolute Gasteiger partial charge is 0.322 e. The first kappa shape index (κ1) is 23.9. The van der Waals surface area contributed by atoms with Crippen LogP contribution in [0.5, 0.6) is 0 Å². The van der Waals surface area contributed by atoms with Gasteiger partial charge in [0.05, 0.1) is 0 Å². The molecule has 146 valence electrons. The van der Waals surface area contributed by atoms with E-state index in [1.165, 1.54) is 25.7 Å². The zero-order valence-electron chi connectivity index (χ0n) is 16.2. The van der Waals surface area contributed by atoms with Gasteiger partial charge in [0.2, 0.25) is 5.91 Å². The average molecular weight is 362 g/mol. The summed E-state index contributed by atoms with van der Waals surface area (Å²) in [5.74, 6) is -1.22. The predicted octanol–water partition coefficient (Wildman–Crippen LogP) is 5.33. The lowest BCUT2D eigenvalue weighted by molar-refractivity contribution is -0.137. The van der Waals surface area contributed by atoms with E-state index in [9.17, 15) is 9.59 Å². The highest BCUT2D eigenvalue weighted by molar-refractivity contribution is 5.80. The quantitative estimate of drug-likeness (QED) is 0.288. The zero-order valence-corrected chi connectivity index (χ0v) is 16.2. The van der Waals surface area contributed by atoms with Crippen molar-refractivity contribution < 1.29 is 14.7 Å². The molecule has 0 heterocycles. The Morgan fingerprint density at radius 1 is 0.769 bits per heavy atom. The molecule has 0 radical (unpaired) electrons. The number of allylic oxidation sites excluding steroid dienone is 8. The molecule has 0 saturated carbocycles. The fraction of sp³-hybridized carbons (Fsp3) is 0.545. The van der Waals surface area contributed by atoms with Crippen LogP contribution in [0.4, 0.5) is 0 Å². The maximum atomic E-state index is 11.3. The van der Waals surface area contributed by atoms with Crippen LogP contribution in [0, 0.1) is 0 Å². The summed E-state index contributed by atoms with van der Waals surface area (Å²) in [5.41, 5.74) is 0. The number of nitrogens with one attached hydrogen (secondary N) is 1. The Hall–Kier alpha value is -2.10. The monoisotopic (exact) mass is 361 g/mol. The van der Waals surface area contributed by atoms with Crippen molar-refractivity contribution in [3.63, 3.8) is 0 Å². The van der Waals surface area contributed by atoms with E-state index in [4.69, 9.17) is 5.11 Å². The third-order valence-corrected chi connectivity index (χ3v) is 3.67. The molecule has 0 aliphatic rings. The Labute approximate surface area is 158 Å². The molecular formula is C22H35NO3. The minimum absolute atomic E-state index is 0.205. The number of carbonyl (C=O) groups excluding carboxylic acids is 1. The fourth-order valence-corrected chi connectivity index (χ4v) is 2.20. The molecule has 4 heteroatoms. The van der Waals surface area contributed by atoms with Gasteiger partial charge in [-0.2, -0.15) is 0 Å². The Kier molecular flexibility index (Phi) is 17.7. The van der Waals surface area contributed by atoms with Gasteiger partial charge in [-0.1, -0.05) is 68.4 Å². The van der Waals surface area contributed by atoms with E-state index in [1.54, 1.807) is 0 Å². The highest BCUT2D eigenvalue weighted by atomic mass is 16.4. The summed E-state index contributed by atoms with van der Waals surface area (Å²) in [7, 11) is 0. The summed E-state index contributed by atoms with van der Waals surface area (Å²) in [5, 5.41) is 10.8. The van der Waals surface area contributed by atoms with Crippen LogP contribution >= 0.6 is 0 Å². The first-order chi connectivity index (χ1) is 12.7. The van der Waals surface area contributed by atoms with E-state index >= 15 is 0 Å². The van der Waals surface area contributed by atoms with E-state index in [1.807, 2.05) is 0 Å². The number of hydrogen-bond acceptors (Lipinski definition) is 2. The Bertz CT molecular complexity index is 476. The number of carboxylic acid groups (broad SMARTS) is 1. The number of carboxylic acids is 1. The molecule has 2 N–H and O–H groups in total. The third kappa shape index (κ3) is 19.9. The van der Waals surface area contributed by atoms with Crippen LogP contribution in [-0.2, 0) is 9.59 Å². The second kappa shape index (κ2) is 19.2. The van der Waals surface area contributed by atoms with Crippen molar-refractivity contribution in [2.45, 2.75) is 71.1 Å². The first-order valence-electron chi connectivity index (χ1n) is 9.75. The van der Waals surface area contributed by atoms with E-state index < -0.39 is 5.97 Å². The van der Waals surface area contributed by atoms with Gasteiger partial charge < -0.3 is 10.4 Å². The molecule has 0 fully saturated rings. The minimum Gasteiger partial charge on any atom is -0.480 e. The first-order valence-corrected chi connectivity index (χ1v) is 9.75. The standard InChI is InChI=1S/C22H35NO3/c1-2-3-4-5-6-7-8-9-10-11-12-13-14-15-16-17-18-19-21(24)23-20-22(25)26/h6-7,9-10,12-13,15-16H,2-5,8,11,14,17-20H2,1H3,(H,23,24)(H,25,26)/b7-6+,10-9+,13-12-,16-15+. The lowest BCUT2D eigenvalue weighted by Crippen LogP contribution is -2.28. The molecule has 0 aromatic rings. The van der Waals surface area contributed by atoms with E-state index in [2.05, 4.69) is 60.8 Å². The lowest BCUT2D eigenvalue weighted by atomic mass is 10.2. The van der Waals surface area contributed by atoms with Crippen molar-refractivity contribution in [2.24, 2.45) is 0 Å². The highest BCUT2D eigenvalue weighted by Gasteiger charge is 2.02. The summed E-state index contributed by atoms with van der Waals surface area (Å²) in [4.78, 5) is 21.6. The lowest BCUT2D eigenvalue weighted by Gasteiger charge is -2.00. The topological polar surface area (TPSA) is 66.4 Å². The molecular weight excluding hydrogens is 326 g/mol. The maximum absolute atomic E-state index is 11.3. The largest absolute Gasteiger partial charge is 0.480 e. The minimum atomic E-state index is -1.02. The van der Waals surface area contributed by atoms with Gasteiger partial charge >= 0.3 is 5.97 Å². The number of amides is 1. The van der Waals surface area contributed by atoms with Gasteiger partial charge in [-0.25, -0.2) is 0 Å². The van der Waals surface area contributed by atoms with Crippen LogP contribution < -0.4 is 5.32 Å². The molecule has 0 aromatic carbocycles. The Balaban J connectivity index is 3.48. The molecule has 0 aliphatic heterocycles. The average Bonchev–Trinajstić information content (AvgIpc) is 2.62. The normalized spacial score (nSPS) is 12.0. The fourth-order valence-electron chi connectivity index (χ4n) is 2.20. The molecule has 0 aliphatic carbocycles. The maximum Gasteiger partial charge on any atom is 0.322 e. The molecule has 26 heavy (non-hydrogen) atoms. The molecule has 0 atom stereocenters. The van der Waals surface area contributed by atoms with Crippen LogP contribution in [0.25, 0.3) is 0 Å². The van der Waals surface area contributed by atoms with Crippen LogP contribution in [0.2, 0.25) is 0 Å². The number of aliphatic carboxylic acids is 1. The number of carbonyl (C=O) groups is 2. The summed E-state index contributed by atoms with van der Waals surface area (Å²) < 4.78 is 0. The second-order valence-electron chi connectivity index (χ2n) is 6.15. The van der Waals surface area contributed by atoms with Gasteiger partial charge in [-0.15, -0.1) is 0 Å². The van der Waals surface area contributed by atoms with Gasteiger partial charge in [-0.3, -0.25) is 9.59 Å². The van der Waals surface area contributed by atoms with Crippen LogP contribution in [0.15, 0.2) is 48.6 Å². The summed E-state index contributed by atoms with van der Waals surface area (Å²) >= 11 is 0. The van der Waals surface area contributed by atoms with Crippen molar-refractivity contribution in [3.05, 3.63) is 48.6 Å². The van der Waals surface area contributed by atoms with Crippen LogP contribution in [-0.4, -0.2) is 23.5 Å². The van der Waals surface area contributed by atoms with Gasteiger partial charge in [0.1, 0.15) is 6.54 Å². The third-order valence-electron chi connectivity index (χ3n) is 3.67. The van der Waals surface area contributed by atoms with E-state index in [0.717, 1.165) is 32.1 Å². The van der Waals surface area contributed by atoms with Crippen LogP contribution in [0.1, 0.15) is 71.1 Å². The van der Waals surface area contributed by atoms with Gasteiger partial charge in [0.25, 0.3) is 0 Å². The van der Waals surface area contributed by atoms with Crippen LogP contribution in [0.3, 0.4) is 0 Å². The highest BCUT2D eigenvalue weighted by Crippen LogP contribution is 2.01. The Morgan fingerprint density at radius 2 is 1.27 bits per heavy atom. The molecule has 0 aromatic heterocycles. The molecule has 0 saturated heterocycles. The zero-order chi connectivity index (χ0) is 19.3. The van der Waals surface area contributed by atoms with Crippen molar-refractivity contribution in [1.82, 2.24) is 5.32 Å². The number of hydrogen-bond donors (Lipinski definition) is 2. The van der Waals surface area contributed by atoms with Gasteiger partial charge in [0, 0.05) is 6.42 Å². The molecule has 0 unspecified atom stereocenters. The van der Waals surface area contributed by atoms with Crippen molar-refractivity contribution in [2.75, 3.05) is 6.54 Å². The van der Waals surface area contributed by atoms with Gasteiger partial charge in [-0.05, 0) is 44.9 Å². The number of unbranched alkanes of at least 4 members (excludes halogenated alkanes) is 4. The van der Waals surface area contributed by atoms with Crippen molar-refractivity contribution in [1.29, 1.82) is 0 Å². The predicted molar refractivity (Wildman–Crippen MR) is 109 cm³/mol. The summed E-state index contributed by atoms with van der Waals surface area (Å²) in [6, 6.07) is 0.